The second-order valence-corrected chi connectivity index (χ2v) is 5.92. The van der Waals surface area contributed by atoms with E-state index in [1.165, 1.54) is 37.7 Å². The molecule has 1 aliphatic rings. The van der Waals surface area contributed by atoms with E-state index in [0.29, 0.717) is 5.41 Å². The van der Waals surface area contributed by atoms with E-state index in [1.807, 2.05) is 0 Å². The summed E-state index contributed by atoms with van der Waals surface area (Å²) in [5.41, 5.74) is 2.01. The maximum absolute atomic E-state index is 4.13. The van der Waals surface area contributed by atoms with Crippen LogP contribution in [0.5, 0.6) is 0 Å². The summed E-state index contributed by atoms with van der Waals surface area (Å²) in [5.74, 6) is 1.80. The normalized spacial score (nSPS) is 32.4. The zero-order valence-corrected chi connectivity index (χ0v) is 12.3. The number of hydrogen-bond acceptors (Lipinski definition) is 0. The third-order valence-electron chi connectivity index (χ3n) is 4.91. The van der Waals surface area contributed by atoms with E-state index in [0.717, 1.165) is 18.3 Å². The molecule has 1 fully saturated rings. The lowest BCUT2D eigenvalue weighted by Crippen LogP contribution is -2.34. The Balaban J connectivity index is 0.00000121. The predicted molar refractivity (Wildman–Crippen MR) is 78.8 cm³/mol. The summed E-state index contributed by atoms with van der Waals surface area (Å²) < 4.78 is 0. The Morgan fingerprint density at radius 2 is 1.94 bits per heavy atom. The van der Waals surface area contributed by atoms with Crippen LogP contribution in [-0.4, -0.2) is 0 Å². The Hall–Kier alpha value is -0.700. The third-order valence-corrected chi connectivity index (χ3v) is 4.91. The highest BCUT2D eigenvalue weighted by molar-refractivity contribution is 4.96. The van der Waals surface area contributed by atoms with Crippen molar-refractivity contribution in [2.45, 2.75) is 66.2 Å². The lowest BCUT2D eigenvalue weighted by atomic mass is 9.62. The van der Waals surface area contributed by atoms with Gasteiger partial charge in [-0.1, -0.05) is 52.7 Å². The van der Waals surface area contributed by atoms with Crippen molar-refractivity contribution in [1.82, 2.24) is 0 Å². The second-order valence-electron chi connectivity index (χ2n) is 5.92. The van der Waals surface area contributed by atoms with Crippen molar-refractivity contribution >= 4 is 0 Å². The summed E-state index contributed by atoms with van der Waals surface area (Å²) in [6.45, 7) is 13.7. The predicted octanol–water partition coefficient (Wildman–Crippen LogP) is 5.44. The lowest BCUT2D eigenvalue weighted by Gasteiger charge is -2.44. The molecule has 1 saturated carbocycles. The van der Waals surface area contributed by atoms with Crippen molar-refractivity contribution in [3.63, 3.8) is 0 Å². The van der Waals surface area contributed by atoms with Crippen molar-refractivity contribution in [1.29, 1.82) is 0 Å². The fourth-order valence-corrected chi connectivity index (χ4v) is 2.98. The highest BCUT2D eigenvalue weighted by Crippen LogP contribution is 2.47. The molecule has 0 saturated heterocycles. The van der Waals surface area contributed by atoms with Gasteiger partial charge in [0, 0.05) is 0 Å². The molecule has 0 N–H and O–H groups in total. The van der Waals surface area contributed by atoms with Gasteiger partial charge in [-0.15, -0.1) is 12.8 Å². The second kappa shape index (κ2) is 7.59. The molecule has 0 nitrogen and oxygen atoms in total. The van der Waals surface area contributed by atoms with Crippen molar-refractivity contribution in [2.75, 3.05) is 0 Å². The SMILES string of the molecule is C#C.C=C(CC)CCC1(C)CCCC(C)C1C. The Morgan fingerprint density at radius 3 is 2.47 bits per heavy atom. The van der Waals surface area contributed by atoms with Crippen LogP contribution in [0.25, 0.3) is 0 Å². The molecule has 0 aliphatic heterocycles. The molecule has 98 valence electrons. The topological polar surface area (TPSA) is 0 Å². The molecule has 0 amide bonds. The average molecular weight is 234 g/mol. The zero-order chi connectivity index (χ0) is 13.5. The van der Waals surface area contributed by atoms with Gasteiger partial charge >= 0.3 is 0 Å². The van der Waals surface area contributed by atoms with Crippen LogP contribution in [0, 0.1) is 30.1 Å². The molecule has 0 aromatic rings. The first-order valence-corrected chi connectivity index (χ1v) is 6.99. The highest BCUT2D eigenvalue weighted by Gasteiger charge is 2.36. The van der Waals surface area contributed by atoms with Gasteiger partial charge in [-0.25, -0.2) is 0 Å². The Labute approximate surface area is 109 Å². The molecule has 0 radical (unpaired) electrons. The van der Waals surface area contributed by atoms with Crippen LogP contribution in [0.3, 0.4) is 0 Å². The van der Waals surface area contributed by atoms with Gasteiger partial charge in [-0.3, -0.25) is 0 Å². The van der Waals surface area contributed by atoms with Gasteiger partial charge in [0.15, 0.2) is 0 Å². The summed E-state index contributed by atoms with van der Waals surface area (Å²) in [6, 6.07) is 0. The number of hydrogen-bond donors (Lipinski definition) is 0. The van der Waals surface area contributed by atoms with Gasteiger partial charge in [0.25, 0.3) is 0 Å². The van der Waals surface area contributed by atoms with Gasteiger partial charge in [0.05, 0.1) is 0 Å². The van der Waals surface area contributed by atoms with Crippen LogP contribution >= 0.6 is 0 Å². The van der Waals surface area contributed by atoms with E-state index in [1.54, 1.807) is 0 Å². The maximum Gasteiger partial charge on any atom is -0.0295 e. The van der Waals surface area contributed by atoms with Crippen LogP contribution in [0.4, 0.5) is 0 Å². The molecular weight excluding hydrogens is 204 g/mol. The van der Waals surface area contributed by atoms with Gasteiger partial charge in [-0.05, 0) is 42.9 Å². The van der Waals surface area contributed by atoms with E-state index >= 15 is 0 Å². The number of rotatable bonds is 4. The van der Waals surface area contributed by atoms with Gasteiger partial charge < -0.3 is 0 Å². The molecule has 17 heavy (non-hydrogen) atoms. The van der Waals surface area contributed by atoms with Crippen LogP contribution in [0.1, 0.15) is 66.2 Å². The van der Waals surface area contributed by atoms with Crippen molar-refractivity contribution < 1.29 is 0 Å². The molecule has 0 heterocycles. The van der Waals surface area contributed by atoms with Crippen molar-refractivity contribution in [3.05, 3.63) is 12.2 Å². The summed E-state index contributed by atoms with van der Waals surface area (Å²) >= 11 is 0. The standard InChI is InChI=1S/C15H28.C2H2/c1-6-12(2)9-11-15(5)10-7-8-13(3)14(15)4;1-2/h13-14H,2,6-11H2,1,3-5H3;1-2H. The molecular formula is C17H30. The fraction of sp³-hybridized carbons (Fsp3) is 0.765. The lowest BCUT2D eigenvalue weighted by molar-refractivity contribution is 0.0712. The zero-order valence-electron chi connectivity index (χ0n) is 12.3. The number of allylic oxidation sites excluding steroid dienone is 1. The van der Waals surface area contributed by atoms with Gasteiger partial charge in [-0.2, -0.15) is 0 Å². The Bertz CT molecular complexity index is 248. The molecule has 3 atom stereocenters. The van der Waals surface area contributed by atoms with Crippen molar-refractivity contribution in [2.24, 2.45) is 17.3 Å². The summed E-state index contributed by atoms with van der Waals surface area (Å²) in [4.78, 5) is 0. The molecule has 0 aromatic carbocycles. The fourth-order valence-electron chi connectivity index (χ4n) is 2.98. The summed E-state index contributed by atoms with van der Waals surface area (Å²) in [5, 5.41) is 0. The van der Waals surface area contributed by atoms with Crippen LogP contribution < -0.4 is 0 Å². The molecule has 1 rings (SSSR count). The minimum atomic E-state index is 0.579. The number of terminal acetylenes is 1. The molecule has 0 heteroatoms. The van der Waals surface area contributed by atoms with Crippen LogP contribution in [0.2, 0.25) is 0 Å². The monoisotopic (exact) mass is 234 g/mol. The van der Waals surface area contributed by atoms with Gasteiger partial charge in [0.1, 0.15) is 0 Å². The largest absolute Gasteiger partial charge is 0.124 e. The first-order chi connectivity index (χ1) is 7.99. The maximum atomic E-state index is 4.13. The average Bonchev–Trinajstić information content (AvgIpc) is 2.35. The first-order valence-electron chi connectivity index (χ1n) is 6.99. The van der Waals surface area contributed by atoms with Gasteiger partial charge in [0.2, 0.25) is 0 Å². The van der Waals surface area contributed by atoms with E-state index in [4.69, 9.17) is 0 Å². The Morgan fingerprint density at radius 1 is 1.35 bits per heavy atom. The Kier molecular flexibility index (Phi) is 7.28. The molecule has 3 unspecified atom stereocenters. The van der Waals surface area contributed by atoms with E-state index < -0.39 is 0 Å². The molecule has 0 bridgehead atoms. The van der Waals surface area contributed by atoms with Crippen LogP contribution in [-0.2, 0) is 0 Å². The van der Waals surface area contributed by atoms with Crippen LogP contribution in [0.15, 0.2) is 12.2 Å². The quantitative estimate of drug-likeness (QED) is 0.448. The summed E-state index contributed by atoms with van der Waals surface area (Å²) in [6.07, 6.45) is 16.0. The van der Waals surface area contributed by atoms with E-state index in [9.17, 15) is 0 Å². The molecule has 0 spiro atoms. The van der Waals surface area contributed by atoms with E-state index in [2.05, 4.69) is 47.1 Å². The first kappa shape index (κ1) is 16.3. The minimum Gasteiger partial charge on any atom is -0.124 e. The third kappa shape index (κ3) is 4.58. The van der Waals surface area contributed by atoms with Crippen molar-refractivity contribution in [3.8, 4) is 12.8 Å². The summed E-state index contributed by atoms with van der Waals surface area (Å²) in [7, 11) is 0. The smallest absolute Gasteiger partial charge is 0.0295 e. The van der Waals surface area contributed by atoms with E-state index in [-0.39, 0.29) is 0 Å². The molecule has 1 aliphatic carbocycles. The minimum absolute atomic E-state index is 0.579. The molecule has 0 aromatic heterocycles. The highest BCUT2D eigenvalue weighted by atomic mass is 14.4.